The highest BCUT2D eigenvalue weighted by Gasteiger charge is 2.46. The summed E-state index contributed by atoms with van der Waals surface area (Å²) in [6, 6.07) is 8.84. The molecule has 0 saturated carbocycles. The number of methoxy groups -OCH3 is 1. The number of aliphatic hydroxyl groups is 1. The van der Waals surface area contributed by atoms with Gasteiger partial charge in [-0.2, -0.15) is 0 Å². The average molecular weight is 595 g/mol. The maximum Gasteiger partial charge on any atom is 0.295 e. The van der Waals surface area contributed by atoms with Gasteiger partial charge in [-0.3, -0.25) is 19.7 Å². The van der Waals surface area contributed by atoms with E-state index < -0.39 is 28.4 Å². The number of aliphatic hydroxyl groups excluding tert-OH is 1. The number of nitrogens with zero attached hydrogens (tertiary/aromatic N) is 2. The summed E-state index contributed by atoms with van der Waals surface area (Å²) in [7, 11) is 1.40. The van der Waals surface area contributed by atoms with E-state index in [-0.39, 0.29) is 28.3 Å². The summed E-state index contributed by atoms with van der Waals surface area (Å²) in [6.07, 6.45) is 16.8. The zero-order chi connectivity index (χ0) is 31.2. The fourth-order valence-electron chi connectivity index (χ4n) is 5.69. The summed E-state index contributed by atoms with van der Waals surface area (Å²) in [5.74, 6) is -1.86. The molecule has 9 nitrogen and oxygen atoms in total. The number of ketones is 1. The molecule has 1 aliphatic rings. The summed E-state index contributed by atoms with van der Waals surface area (Å²) < 4.78 is 5.26. The number of non-ortho nitro benzene ring substituents is 1. The number of hydrogen-bond acceptors (Lipinski definition) is 7. The lowest BCUT2D eigenvalue weighted by Crippen LogP contribution is -2.30. The van der Waals surface area contributed by atoms with Gasteiger partial charge in [0.25, 0.3) is 17.4 Å². The first-order valence-electron chi connectivity index (χ1n) is 15.7. The van der Waals surface area contributed by atoms with Crippen LogP contribution in [0.3, 0.4) is 0 Å². The number of carbonyl (C=O) groups excluding carboxylic acids is 2. The SMILES string of the molecule is CCCCCCCCCCCCCCCCN1C(=O)C(=O)/C(=C(/O)c2ccc([N+](=O)[O-])cc2)[C@@H]1c1ccc(O)c(OC)c1. The smallest absolute Gasteiger partial charge is 0.295 e. The summed E-state index contributed by atoms with van der Waals surface area (Å²) in [5, 5.41) is 32.4. The van der Waals surface area contributed by atoms with Crippen molar-refractivity contribution in [1.82, 2.24) is 4.90 Å². The van der Waals surface area contributed by atoms with Crippen molar-refractivity contribution < 1.29 is 29.5 Å². The number of aromatic hydroxyl groups is 1. The molecule has 2 N–H and O–H groups in total. The Morgan fingerprint density at radius 1 is 0.860 bits per heavy atom. The number of hydrogen-bond donors (Lipinski definition) is 2. The molecule has 1 heterocycles. The second-order valence-electron chi connectivity index (χ2n) is 11.3. The molecule has 0 aliphatic carbocycles. The zero-order valence-electron chi connectivity index (χ0n) is 25.6. The van der Waals surface area contributed by atoms with Crippen LogP contribution in [0.25, 0.3) is 5.76 Å². The predicted octanol–water partition coefficient (Wildman–Crippen LogP) is 8.21. The van der Waals surface area contributed by atoms with Crippen molar-refractivity contribution in [1.29, 1.82) is 0 Å². The van der Waals surface area contributed by atoms with Crippen molar-refractivity contribution in [3.05, 3.63) is 69.3 Å². The summed E-state index contributed by atoms with van der Waals surface area (Å²) >= 11 is 0. The third-order valence-electron chi connectivity index (χ3n) is 8.16. The van der Waals surface area contributed by atoms with Gasteiger partial charge in [0, 0.05) is 24.2 Å². The molecule has 0 spiro atoms. The van der Waals surface area contributed by atoms with Crippen molar-refractivity contribution in [2.45, 2.75) is 103 Å². The van der Waals surface area contributed by atoms with Crippen LogP contribution in [0.1, 0.15) is 114 Å². The summed E-state index contributed by atoms with van der Waals surface area (Å²) in [6.45, 7) is 2.57. The van der Waals surface area contributed by atoms with E-state index in [1.165, 1.54) is 107 Å². The first-order chi connectivity index (χ1) is 20.8. The maximum atomic E-state index is 13.3. The van der Waals surface area contributed by atoms with Crippen LogP contribution < -0.4 is 4.74 Å². The van der Waals surface area contributed by atoms with Crippen LogP contribution in [0.2, 0.25) is 0 Å². The van der Waals surface area contributed by atoms with Crippen molar-refractivity contribution in [3.63, 3.8) is 0 Å². The van der Waals surface area contributed by atoms with E-state index in [2.05, 4.69) is 6.92 Å². The molecule has 2 aromatic carbocycles. The Bertz CT molecular complexity index is 1260. The molecule has 0 radical (unpaired) electrons. The average Bonchev–Trinajstić information content (AvgIpc) is 3.26. The first kappa shape index (κ1) is 33.6. The largest absolute Gasteiger partial charge is 0.507 e. The van der Waals surface area contributed by atoms with Crippen LogP contribution in [-0.2, 0) is 9.59 Å². The molecule has 0 bridgehead atoms. The Morgan fingerprint density at radius 3 is 1.91 bits per heavy atom. The number of phenols is 1. The number of nitro benzene ring substituents is 1. The molecule has 9 heteroatoms. The second-order valence-corrected chi connectivity index (χ2v) is 11.3. The molecule has 1 atom stereocenters. The molecule has 1 aliphatic heterocycles. The second kappa shape index (κ2) is 17.3. The van der Waals surface area contributed by atoms with Crippen LogP contribution in [0.15, 0.2) is 48.0 Å². The van der Waals surface area contributed by atoms with Crippen molar-refractivity contribution in [2.75, 3.05) is 13.7 Å². The van der Waals surface area contributed by atoms with E-state index >= 15 is 0 Å². The first-order valence-corrected chi connectivity index (χ1v) is 15.7. The standard InChI is InChI=1S/C34H46N2O7/c1-3-4-5-6-7-8-9-10-11-12-13-14-15-16-23-35-31(26-19-22-28(37)29(24-26)43-2)30(33(39)34(35)40)32(38)25-17-20-27(21-18-25)36(41)42/h17-22,24,31,37-38H,3-16,23H2,1-2H3/b32-30+/t31-/m0/s1. The van der Waals surface area contributed by atoms with Crippen LogP contribution in [0, 0.1) is 10.1 Å². The molecular weight excluding hydrogens is 548 g/mol. The number of phenolic OH excluding ortho intramolecular Hbond substituents is 1. The lowest BCUT2D eigenvalue weighted by atomic mass is 9.94. The van der Waals surface area contributed by atoms with Gasteiger partial charge in [0.15, 0.2) is 11.5 Å². The fourth-order valence-corrected chi connectivity index (χ4v) is 5.69. The van der Waals surface area contributed by atoms with Gasteiger partial charge < -0.3 is 19.8 Å². The Balaban J connectivity index is 1.63. The molecule has 0 unspecified atom stereocenters. The Hall–Kier alpha value is -3.88. The third-order valence-corrected chi connectivity index (χ3v) is 8.16. The van der Waals surface area contributed by atoms with Crippen molar-refractivity contribution in [2.24, 2.45) is 0 Å². The number of amides is 1. The molecule has 43 heavy (non-hydrogen) atoms. The van der Waals surface area contributed by atoms with Gasteiger partial charge in [-0.05, 0) is 36.2 Å². The van der Waals surface area contributed by atoms with Gasteiger partial charge in [-0.25, -0.2) is 0 Å². The number of ether oxygens (including phenoxy) is 1. The third kappa shape index (κ3) is 9.30. The highest BCUT2D eigenvalue weighted by Crippen LogP contribution is 2.42. The van der Waals surface area contributed by atoms with Crippen LogP contribution in [0.4, 0.5) is 5.69 Å². The highest BCUT2D eigenvalue weighted by atomic mass is 16.6. The number of Topliss-reactive ketones (excluding diaryl/α,β-unsaturated/α-hetero) is 1. The topological polar surface area (TPSA) is 130 Å². The van der Waals surface area contributed by atoms with Gasteiger partial charge in [0.1, 0.15) is 5.76 Å². The van der Waals surface area contributed by atoms with Gasteiger partial charge in [-0.15, -0.1) is 0 Å². The number of benzene rings is 2. The quantitative estimate of drug-likeness (QED) is 0.0418. The minimum absolute atomic E-state index is 0.0921. The number of unbranched alkanes of at least 4 members (excludes halogenated alkanes) is 13. The van der Waals surface area contributed by atoms with Crippen molar-refractivity contribution >= 4 is 23.1 Å². The molecule has 1 amide bonds. The molecule has 234 valence electrons. The predicted molar refractivity (Wildman–Crippen MR) is 167 cm³/mol. The van der Waals surface area contributed by atoms with Crippen molar-refractivity contribution in [3.8, 4) is 11.5 Å². The minimum atomic E-state index is -0.897. The van der Waals surface area contributed by atoms with Gasteiger partial charge in [0.2, 0.25) is 0 Å². The molecule has 0 aromatic heterocycles. The molecule has 1 saturated heterocycles. The van der Waals surface area contributed by atoms with E-state index in [9.17, 15) is 29.9 Å². The monoisotopic (exact) mass is 594 g/mol. The zero-order valence-corrected chi connectivity index (χ0v) is 25.6. The number of nitro groups is 1. The van der Waals surface area contributed by atoms with E-state index in [1.807, 2.05) is 0 Å². The fraction of sp³-hybridized carbons (Fsp3) is 0.529. The Kier molecular flexibility index (Phi) is 13.5. The number of likely N-dealkylation sites (tertiary alicyclic amines) is 1. The normalized spacial score (nSPS) is 16.1. The Morgan fingerprint density at radius 2 is 1.40 bits per heavy atom. The highest BCUT2D eigenvalue weighted by molar-refractivity contribution is 6.46. The lowest BCUT2D eigenvalue weighted by molar-refractivity contribution is -0.384. The lowest BCUT2D eigenvalue weighted by Gasteiger charge is -2.26. The molecule has 1 fully saturated rings. The Labute approximate surface area is 254 Å². The van der Waals surface area contributed by atoms with E-state index in [1.54, 1.807) is 12.1 Å². The van der Waals surface area contributed by atoms with Crippen LogP contribution in [0.5, 0.6) is 11.5 Å². The maximum absolute atomic E-state index is 13.3. The van der Waals surface area contributed by atoms with Crippen LogP contribution in [-0.4, -0.2) is 45.4 Å². The van der Waals surface area contributed by atoms with Crippen LogP contribution >= 0.6 is 0 Å². The summed E-state index contributed by atoms with van der Waals surface area (Å²) in [4.78, 5) is 38.5. The number of rotatable bonds is 19. The van der Waals surface area contributed by atoms with E-state index in [0.29, 0.717) is 18.5 Å². The molecule has 3 rings (SSSR count). The van der Waals surface area contributed by atoms with Gasteiger partial charge >= 0.3 is 0 Å². The number of carbonyl (C=O) groups is 2. The van der Waals surface area contributed by atoms with E-state index in [0.717, 1.165) is 19.3 Å². The van der Waals surface area contributed by atoms with Gasteiger partial charge in [-0.1, -0.05) is 96.5 Å². The summed E-state index contributed by atoms with van der Waals surface area (Å²) in [5.41, 5.74) is 0.435. The van der Waals surface area contributed by atoms with Gasteiger partial charge in [0.05, 0.1) is 23.6 Å². The minimum Gasteiger partial charge on any atom is -0.507 e. The molecule has 2 aromatic rings. The van der Waals surface area contributed by atoms with E-state index in [4.69, 9.17) is 4.74 Å². The molecular formula is C34H46N2O7.